The van der Waals surface area contributed by atoms with Gasteiger partial charge in [0.2, 0.25) is 0 Å². The van der Waals surface area contributed by atoms with Crippen LogP contribution in [0.25, 0.3) is 5.69 Å². The smallest absolute Gasteiger partial charge is 0.271 e. The van der Waals surface area contributed by atoms with E-state index in [2.05, 4.69) is 15.5 Å². The van der Waals surface area contributed by atoms with Crippen molar-refractivity contribution in [3.8, 4) is 5.69 Å². The molecule has 0 aliphatic rings. The first kappa shape index (κ1) is 17.6. The van der Waals surface area contributed by atoms with Crippen LogP contribution >= 0.6 is 0 Å². The topological polar surface area (TPSA) is 81.8 Å². The van der Waals surface area contributed by atoms with Crippen LogP contribution in [-0.4, -0.2) is 32.0 Å². The maximum absolute atomic E-state index is 12.1. The molecule has 3 aromatic rings. The second-order valence-corrected chi connectivity index (χ2v) is 6.06. The summed E-state index contributed by atoms with van der Waals surface area (Å²) in [5.74, 6) is -0.280. The number of nitrogens with one attached hydrogen (secondary N) is 1. The average molecular weight is 351 g/mol. The molecule has 0 bridgehead atoms. The molecule has 1 N–H and O–H groups in total. The number of para-hydroxylation sites is 1. The van der Waals surface area contributed by atoms with Gasteiger partial charge in [-0.1, -0.05) is 18.2 Å². The van der Waals surface area contributed by atoms with Crippen LogP contribution in [0.5, 0.6) is 0 Å². The lowest BCUT2D eigenvalue weighted by Crippen LogP contribution is -2.29. The Morgan fingerprint density at radius 2 is 1.88 bits per heavy atom. The van der Waals surface area contributed by atoms with Gasteiger partial charge in [-0.3, -0.25) is 9.59 Å². The molecule has 2 aromatic heterocycles. The third kappa shape index (κ3) is 4.05. The van der Waals surface area contributed by atoms with E-state index in [1.807, 2.05) is 48.1 Å². The van der Waals surface area contributed by atoms with Gasteiger partial charge in [-0.2, -0.15) is 10.2 Å². The molecule has 7 nitrogen and oxygen atoms in total. The highest BCUT2D eigenvalue weighted by atomic mass is 16.2. The first-order valence-electron chi connectivity index (χ1n) is 8.48. The quantitative estimate of drug-likeness (QED) is 0.685. The Bertz CT molecular complexity index is 960. The third-order valence-electron chi connectivity index (χ3n) is 4.12. The molecule has 0 fully saturated rings. The van der Waals surface area contributed by atoms with Crippen molar-refractivity contribution < 1.29 is 4.79 Å². The third-order valence-corrected chi connectivity index (χ3v) is 4.12. The zero-order valence-electron chi connectivity index (χ0n) is 14.8. The fourth-order valence-corrected chi connectivity index (χ4v) is 2.65. The van der Waals surface area contributed by atoms with Crippen molar-refractivity contribution in [2.24, 2.45) is 7.05 Å². The van der Waals surface area contributed by atoms with Gasteiger partial charge in [0.25, 0.3) is 11.5 Å². The zero-order chi connectivity index (χ0) is 18.5. The Kier molecular flexibility index (Phi) is 5.26. The minimum absolute atomic E-state index is 0.236. The van der Waals surface area contributed by atoms with Crippen molar-refractivity contribution in [2.75, 3.05) is 6.54 Å². The molecule has 134 valence electrons. The minimum atomic E-state index is -0.280. The first-order valence-corrected chi connectivity index (χ1v) is 8.48. The van der Waals surface area contributed by atoms with Crippen LogP contribution in [0.2, 0.25) is 0 Å². The molecule has 0 aliphatic carbocycles. The van der Waals surface area contributed by atoms with Crippen molar-refractivity contribution in [3.05, 3.63) is 76.0 Å². The molecule has 0 saturated heterocycles. The summed E-state index contributed by atoms with van der Waals surface area (Å²) in [7, 11) is 1.52. The van der Waals surface area contributed by atoms with Crippen LogP contribution in [0.3, 0.4) is 0 Å². The SMILES string of the molecule is Cc1nn(-c2ccccc2)cc1CCCNC(=O)c1ccc(=O)n(C)n1. The summed E-state index contributed by atoms with van der Waals surface area (Å²) in [5, 5.41) is 11.3. The van der Waals surface area contributed by atoms with E-state index in [0.717, 1.165) is 34.5 Å². The van der Waals surface area contributed by atoms with Gasteiger partial charge in [0.05, 0.1) is 11.4 Å². The first-order chi connectivity index (χ1) is 12.5. The van der Waals surface area contributed by atoms with Crippen molar-refractivity contribution >= 4 is 5.91 Å². The molecule has 0 radical (unpaired) electrons. The lowest BCUT2D eigenvalue weighted by molar-refractivity contribution is 0.0946. The van der Waals surface area contributed by atoms with E-state index in [4.69, 9.17) is 0 Å². The fourth-order valence-electron chi connectivity index (χ4n) is 2.65. The van der Waals surface area contributed by atoms with Crippen LogP contribution in [0, 0.1) is 6.92 Å². The number of aromatic nitrogens is 4. The number of aryl methyl sites for hydroxylation is 3. The maximum atomic E-state index is 12.1. The highest BCUT2D eigenvalue weighted by molar-refractivity contribution is 5.91. The van der Waals surface area contributed by atoms with E-state index in [1.54, 1.807) is 0 Å². The van der Waals surface area contributed by atoms with Gasteiger partial charge in [-0.25, -0.2) is 9.36 Å². The Morgan fingerprint density at radius 1 is 1.12 bits per heavy atom. The lowest BCUT2D eigenvalue weighted by Gasteiger charge is -2.05. The van der Waals surface area contributed by atoms with Crippen molar-refractivity contribution in [3.63, 3.8) is 0 Å². The summed E-state index contributed by atoms with van der Waals surface area (Å²) in [6, 6.07) is 12.7. The molecule has 26 heavy (non-hydrogen) atoms. The second kappa shape index (κ2) is 7.77. The van der Waals surface area contributed by atoms with Gasteiger partial charge in [0, 0.05) is 25.9 Å². The van der Waals surface area contributed by atoms with Gasteiger partial charge < -0.3 is 5.32 Å². The van der Waals surface area contributed by atoms with Crippen LogP contribution in [0.15, 0.2) is 53.5 Å². The number of nitrogens with zero attached hydrogens (tertiary/aromatic N) is 4. The monoisotopic (exact) mass is 351 g/mol. The van der Waals surface area contributed by atoms with Crippen LogP contribution in [0.4, 0.5) is 0 Å². The van der Waals surface area contributed by atoms with E-state index < -0.39 is 0 Å². The normalized spacial score (nSPS) is 10.7. The standard InChI is InChI=1S/C19H21N5O2/c1-14-15(13-24(21-14)16-8-4-3-5-9-16)7-6-12-20-19(26)17-10-11-18(25)23(2)22-17/h3-5,8-11,13H,6-7,12H2,1-2H3,(H,20,26). The molecule has 1 aromatic carbocycles. The van der Waals surface area contributed by atoms with Crippen LogP contribution in [-0.2, 0) is 13.5 Å². The maximum Gasteiger partial charge on any atom is 0.271 e. The van der Waals surface area contributed by atoms with Crippen molar-refractivity contribution in [1.82, 2.24) is 24.9 Å². The highest BCUT2D eigenvalue weighted by Gasteiger charge is 2.09. The van der Waals surface area contributed by atoms with Crippen LogP contribution in [0.1, 0.15) is 28.2 Å². The molecule has 0 unspecified atom stereocenters. The lowest BCUT2D eigenvalue weighted by atomic mass is 10.1. The van der Waals surface area contributed by atoms with Gasteiger partial charge in [0.15, 0.2) is 0 Å². The summed E-state index contributed by atoms with van der Waals surface area (Å²) in [6.45, 7) is 2.51. The molecule has 0 atom stereocenters. The number of benzene rings is 1. The summed E-state index contributed by atoms with van der Waals surface area (Å²) in [5.41, 5.74) is 3.16. The summed E-state index contributed by atoms with van der Waals surface area (Å²) < 4.78 is 3.02. The predicted octanol–water partition coefficient (Wildman–Crippen LogP) is 1.64. The van der Waals surface area contributed by atoms with E-state index in [-0.39, 0.29) is 17.2 Å². The Balaban J connectivity index is 1.54. The molecule has 0 spiro atoms. The van der Waals surface area contributed by atoms with Gasteiger partial charge in [-0.05, 0) is 43.5 Å². The van der Waals surface area contributed by atoms with Gasteiger partial charge >= 0.3 is 0 Å². The molecular weight excluding hydrogens is 330 g/mol. The van der Waals surface area contributed by atoms with Crippen molar-refractivity contribution in [1.29, 1.82) is 0 Å². The van der Waals surface area contributed by atoms with E-state index in [1.165, 1.54) is 19.2 Å². The van der Waals surface area contributed by atoms with Gasteiger partial charge in [0.1, 0.15) is 5.69 Å². The van der Waals surface area contributed by atoms with E-state index >= 15 is 0 Å². The summed E-state index contributed by atoms with van der Waals surface area (Å²) in [4.78, 5) is 23.4. The number of carbonyl (C=O) groups is 1. The molecular formula is C19H21N5O2. The van der Waals surface area contributed by atoms with Gasteiger partial charge in [-0.15, -0.1) is 0 Å². The fraction of sp³-hybridized carbons (Fsp3) is 0.263. The predicted molar refractivity (Wildman–Crippen MR) is 98.4 cm³/mol. The number of hydrogen-bond donors (Lipinski definition) is 1. The largest absolute Gasteiger partial charge is 0.351 e. The molecule has 2 heterocycles. The molecule has 7 heteroatoms. The Labute approximate surface area is 151 Å². The molecule has 1 amide bonds. The number of rotatable bonds is 6. The van der Waals surface area contributed by atoms with Crippen molar-refractivity contribution in [2.45, 2.75) is 19.8 Å². The average Bonchev–Trinajstić information content (AvgIpc) is 3.02. The number of hydrogen-bond acceptors (Lipinski definition) is 4. The Hall–Kier alpha value is -3.22. The Morgan fingerprint density at radius 3 is 2.62 bits per heavy atom. The second-order valence-electron chi connectivity index (χ2n) is 6.06. The molecule has 0 saturated carbocycles. The molecule has 3 rings (SSSR count). The summed E-state index contributed by atoms with van der Waals surface area (Å²) in [6.07, 6.45) is 3.64. The van der Waals surface area contributed by atoms with E-state index in [0.29, 0.717) is 6.54 Å². The number of amides is 1. The number of carbonyl (C=O) groups excluding carboxylic acids is 1. The molecule has 0 aliphatic heterocycles. The highest BCUT2D eigenvalue weighted by Crippen LogP contribution is 2.13. The summed E-state index contributed by atoms with van der Waals surface area (Å²) >= 11 is 0. The van der Waals surface area contributed by atoms with Crippen LogP contribution < -0.4 is 10.9 Å². The zero-order valence-corrected chi connectivity index (χ0v) is 14.8. The van der Waals surface area contributed by atoms with E-state index in [9.17, 15) is 9.59 Å². The minimum Gasteiger partial charge on any atom is -0.351 e.